The van der Waals surface area contributed by atoms with Gasteiger partial charge in [0.15, 0.2) is 0 Å². The minimum atomic E-state index is -0.110. The summed E-state index contributed by atoms with van der Waals surface area (Å²) in [6, 6.07) is 11.8. The van der Waals surface area contributed by atoms with Gasteiger partial charge in [-0.25, -0.2) is 9.97 Å². The zero-order valence-corrected chi connectivity index (χ0v) is 18.2. The van der Waals surface area contributed by atoms with Gasteiger partial charge in [0.25, 0.3) is 5.91 Å². The smallest absolute Gasteiger partial charge is 0.261 e. The summed E-state index contributed by atoms with van der Waals surface area (Å²) in [5.74, 6) is 1.49. The van der Waals surface area contributed by atoms with Gasteiger partial charge < -0.3 is 15.4 Å². The molecule has 0 bridgehead atoms. The number of carbonyl (C=O) groups is 1. The number of benzene rings is 1. The number of carbonyl (C=O) groups excluding carboxylic acids is 1. The third-order valence-electron chi connectivity index (χ3n) is 5.00. The Balaban J connectivity index is 1.46. The van der Waals surface area contributed by atoms with Crippen LogP contribution in [-0.2, 0) is 13.0 Å². The Kier molecular flexibility index (Phi) is 6.37. The number of nitrogens with one attached hydrogen (secondary N) is 2. The van der Waals surface area contributed by atoms with Crippen LogP contribution >= 0.6 is 11.3 Å². The van der Waals surface area contributed by atoms with E-state index < -0.39 is 0 Å². The molecule has 8 heteroatoms. The maximum absolute atomic E-state index is 12.8. The molecule has 2 N–H and O–H groups in total. The number of fused-ring (bicyclic) bond motifs is 1. The summed E-state index contributed by atoms with van der Waals surface area (Å²) in [6.07, 6.45) is 5.81. The summed E-state index contributed by atoms with van der Waals surface area (Å²) in [6.45, 7) is 3.11. The molecule has 4 rings (SSSR count). The van der Waals surface area contributed by atoms with Gasteiger partial charge in [-0.1, -0.05) is 12.1 Å². The number of thiophene rings is 1. The second kappa shape index (κ2) is 9.53. The molecular formula is C23H23N5O2S. The van der Waals surface area contributed by atoms with Crippen molar-refractivity contribution in [3.8, 4) is 5.75 Å². The minimum Gasteiger partial charge on any atom is -0.497 e. The van der Waals surface area contributed by atoms with Crippen molar-refractivity contribution in [3.05, 3.63) is 76.7 Å². The first-order chi connectivity index (χ1) is 15.2. The first-order valence-corrected chi connectivity index (χ1v) is 10.8. The van der Waals surface area contributed by atoms with Crippen LogP contribution in [0.5, 0.6) is 5.75 Å². The topological polar surface area (TPSA) is 89.0 Å². The van der Waals surface area contributed by atoms with E-state index in [9.17, 15) is 4.79 Å². The van der Waals surface area contributed by atoms with Crippen molar-refractivity contribution < 1.29 is 9.53 Å². The van der Waals surface area contributed by atoms with E-state index in [1.54, 1.807) is 19.5 Å². The van der Waals surface area contributed by atoms with E-state index in [1.807, 2.05) is 31.2 Å². The van der Waals surface area contributed by atoms with E-state index in [4.69, 9.17) is 4.74 Å². The van der Waals surface area contributed by atoms with Crippen molar-refractivity contribution in [1.29, 1.82) is 0 Å². The molecule has 0 saturated heterocycles. The van der Waals surface area contributed by atoms with Crippen LogP contribution in [0, 0.1) is 6.92 Å². The van der Waals surface area contributed by atoms with Gasteiger partial charge in [-0.15, -0.1) is 11.3 Å². The van der Waals surface area contributed by atoms with E-state index in [2.05, 4.69) is 37.7 Å². The number of aromatic nitrogens is 3. The van der Waals surface area contributed by atoms with Crippen LogP contribution in [0.25, 0.3) is 10.2 Å². The number of nitrogens with zero attached hydrogens (tertiary/aromatic N) is 3. The van der Waals surface area contributed by atoms with E-state index in [0.717, 1.165) is 45.9 Å². The molecule has 0 aliphatic heterocycles. The van der Waals surface area contributed by atoms with Gasteiger partial charge in [0.1, 0.15) is 22.7 Å². The average Bonchev–Trinajstić information content (AvgIpc) is 3.16. The molecule has 0 saturated carbocycles. The average molecular weight is 434 g/mol. The van der Waals surface area contributed by atoms with Crippen LogP contribution in [-0.4, -0.2) is 34.5 Å². The summed E-state index contributed by atoms with van der Waals surface area (Å²) >= 11 is 1.39. The normalized spacial score (nSPS) is 10.8. The fraction of sp³-hybridized carbons (Fsp3) is 0.217. The lowest BCUT2D eigenvalue weighted by Crippen LogP contribution is -2.22. The highest BCUT2D eigenvalue weighted by molar-refractivity contribution is 7.20. The molecule has 0 unspecified atom stereocenters. The molecule has 0 atom stereocenters. The first kappa shape index (κ1) is 20.7. The third kappa shape index (κ3) is 4.80. The molecule has 31 heavy (non-hydrogen) atoms. The number of amides is 1. The zero-order chi connectivity index (χ0) is 21.6. The molecule has 4 aromatic rings. The van der Waals surface area contributed by atoms with Crippen LogP contribution in [0.2, 0.25) is 0 Å². The largest absolute Gasteiger partial charge is 0.497 e. The Bertz CT molecular complexity index is 1180. The van der Waals surface area contributed by atoms with E-state index in [-0.39, 0.29) is 5.91 Å². The molecule has 0 radical (unpaired) electrons. The lowest BCUT2D eigenvalue weighted by atomic mass is 10.1. The van der Waals surface area contributed by atoms with E-state index in [1.165, 1.54) is 23.2 Å². The lowest BCUT2D eigenvalue weighted by Gasteiger charge is -2.08. The Morgan fingerprint density at radius 3 is 2.58 bits per heavy atom. The molecule has 0 fully saturated rings. The minimum absolute atomic E-state index is 0.110. The fourth-order valence-corrected chi connectivity index (χ4v) is 4.37. The molecule has 158 valence electrons. The van der Waals surface area contributed by atoms with Crippen LogP contribution < -0.4 is 15.4 Å². The lowest BCUT2D eigenvalue weighted by molar-refractivity contribution is 0.0954. The maximum atomic E-state index is 12.8. The van der Waals surface area contributed by atoms with Crippen molar-refractivity contribution in [1.82, 2.24) is 20.3 Å². The van der Waals surface area contributed by atoms with Gasteiger partial charge in [-0.3, -0.25) is 9.78 Å². The SMILES string of the molecule is COc1ccc(CCNc2ncnc3sc(C(=O)NCc4ccncc4)c(C)c23)cc1. The van der Waals surface area contributed by atoms with Crippen LogP contribution in [0.3, 0.4) is 0 Å². The van der Waals surface area contributed by atoms with Crippen molar-refractivity contribution >= 4 is 33.3 Å². The molecule has 3 heterocycles. The highest BCUT2D eigenvalue weighted by Gasteiger charge is 2.19. The van der Waals surface area contributed by atoms with Crippen LogP contribution in [0.15, 0.2) is 55.1 Å². The number of pyridine rings is 1. The predicted octanol–water partition coefficient (Wildman–Crippen LogP) is 3.99. The van der Waals surface area contributed by atoms with Gasteiger partial charge in [0, 0.05) is 25.5 Å². The molecule has 3 aromatic heterocycles. The molecule has 1 amide bonds. The number of aryl methyl sites for hydroxylation is 1. The van der Waals surface area contributed by atoms with E-state index >= 15 is 0 Å². The first-order valence-electron chi connectivity index (χ1n) is 9.93. The van der Waals surface area contributed by atoms with Crippen molar-refractivity contribution in [2.45, 2.75) is 19.9 Å². The molecule has 7 nitrogen and oxygen atoms in total. The van der Waals surface area contributed by atoms with Gasteiger partial charge in [-0.2, -0.15) is 0 Å². The number of anilines is 1. The summed E-state index contributed by atoms with van der Waals surface area (Å²) in [5.41, 5.74) is 3.10. The Morgan fingerprint density at radius 2 is 1.84 bits per heavy atom. The summed E-state index contributed by atoms with van der Waals surface area (Å²) < 4.78 is 5.20. The van der Waals surface area contributed by atoms with Gasteiger partial charge in [0.05, 0.1) is 17.4 Å². The van der Waals surface area contributed by atoms with Crippen molar-refractivity contribution in [2.24, 2.45) is 0 Å². The Morgan fingerprint density at radius 1 is 1.06 bits per heavy atom. The third-order valence-corrected chi connectivity index (χ3v) is 6.20. The van der Waals surface area contributed by atoms with Crippen LogP contribution in [0.1, 0.15) is 26.4 Å². The molecule has 0 aliphatic carbocycles. The van der Waals surface area contributed by atoms with Crippen LogP contribution in [0.4, 0.5) is 5.82 Å². The molecule has 1 aromatic carbocycles. The monoisotopic (exact) mass is 433 g/mol. The highest BCUT2D eigenvalue weighted by Crippen LogP contribution is 2.33. The zero-order valence-electron chi connectivity index (χ0n) is 17.4. The summed E-state index contributed by atoms with van der Waals surface area (Å²) in [7, 11) is 1.66. The van der Waals surface area contributed by atoms with E-state index in [0.29, 0.717) is 11.4 Å². The second-order valence-corrected chi connectivity index (χ2v) is 8.02. The Hall–Kier alpha value is -3.52. The number of rotatable bonds is 8. The van der Waals surface area contributed by atoms with Crippen molar-refractivity contribution in [2.75, 3.05) is 19.0 Å². The fourth-order valence-electron chi connectivity index (χ4n) is 3.30. The van der Waals surface area contributed by atoms with Gasteiger partial charge in [0.2, 0.25) is 0 Å². The summed E-state index contributed by atoms with van der Waals surface area (Å²) in [5, 5.41) is 7.28. The number of hydrogen-bond acceptors (Lipinski definition) is 7. The van der Waals surface area contributed by atoms with Gasteiger partial charge in [-0.05, 0) is 54.3 Å². The number of ether oxygens (including phenoxy) is 1. The molecule has 0 aliphatic rings. The maximum Gasteiger partial charge on any atom is 0.261 e. The predicted molar refractivity (Wildman–Crippen MR) is 123 cm³/mol. The van der Waals surface area contributed by atoms with Crippen molar-refractivity contribution in [3.63, 3.8) is 0 Å². The number of methoxy groups -OCH3 is 1. The summed E-state index contributed by atoms with van der Waals surface area (Å²) in [4.78, 5) is 27.0. The standard InChI is InChI=1S/C23H23N5O2S/c1-15-19-21(25-12-9-16-3-5-18(30-2)6-4-16)27-14-28-23(19)31-20(15)22(29)26-13-17-7-10-24-11-8-17/h3-8,10-11,14H,9,12-13H2,1-2H3,(H,26,29)(H,25,27,28). The number of hydrogen-bond donors (Lipinski definition) is 2. The second-order valence-electron chi connectivity index (χ2n) is 7.02. The molecular weight excluding hydrogens is 410 g/mol. The Labute approximate surface area is 184 Å². The highest BCUT2D eigenvalue weighted by atomic mass is 32.1. The molecule has 0 spiro atoms. The quantitative estimate of drug-likeness (QED) is 0.437. The van der Waals surface area contributed by atoms with Gasteiger partial charge >= 0.3 is 0 Å².